The Kier molecular flexibility index (Phi) is 7.02. The van der Waals surface area contributed by atoms with Gasteiger partial charge in [0.2, 0.25) is 5.95 Å². The first kappa shape index (κ1) is 23.3. The fourth-order valence-electron chi connectivity index (χ4n) is 4.62. The largest absolute Gasteiger partial charge is 0.416 e. The van der Waals surface area contributed by atoms with E-state index < -0.39 is 11.7 Å². The summed E-state index contributed by atoms with van der Waals surface area (Å²) in [6.07, 6.45) is 0.0345. The summed E-state index contributed by atoms with van der Waals surface area (Å²) in [5.41, 5.74) is 0.641. The van der Waals surface area contributed by atoms with Crippen LogP contribution in [0.1, 0.15) is 45.1 Å². The van der Waals surface area contributed by atoms with Gasteiger partial charge in [-0.2, -0.15) is 18.2 Å². The molecule has 0 spiro atoms. The molecule has 4 rings (SSSR count). The zero-order chi connectivity index (χ0) is 23.4. The number of para-hydroxylation sites is 1. The van der Waals surface area contributed by atoms with Crippen LogP contribution in [0.25, 0.3) is 10.9 Å². The predicted molar refractivity (Wildman–Crippen MR) is 127 cm³/mol. The lowest BCUT2D eigenvalue weighted by molar-refractivity contribution is -0.137. The van der Waals surface area contributed by atoms with Crippen molar-refractivity contribution < 1.29 is 13.2 Å². The number of fused-ring (bicyclic) bond motifs is 1. The average Bonchev–Trinajstić information content (AvgIpc) is 2.81. The Hall–Kier alpha value is -2.87. The Balaban J connectivity index is 1.51. The van der Waals surface area contributed by atoms with Crippen LogP contribution < -0.4 is 10.6 Å². The molecule has 2 aromatic carbocycles. The molecule has 1 aliphatic carbocycles. The Morgan fingerprint density at radius 3 is 2.21 bits per heavy atom. The highest BCUT2D eigenvalue weighted by Gasteiger charge is 2.30. The summed E-state index contributed by atoms with van der Waals surface area (Å²) in [7, 11) is 0. The van der Waals surface area contributed by atoms with Crippen LogP contribution in [-0.2, 0) is 6.18 Å². The topological polar surface area (TPSA) is 53.1 Å². The number of anilines is 3. The number of nitrogens with zero attached hydrogens (tertiary/aromatic N) is 3. The second-order valence-corrected chi connectivity index (χ2v) is 8.48. The van der Waals surface area contributed by atoms with Crippen molar-refractivity contribution in [1.82, 2.24) is 14.9 Å². The standard InChI is InChI=1S/C25H30F3N5/c1-3-33(4-2)20-15-13-19(14-16-20)30-24-31-22-8-6-5-7-21(22)23(32-24)29-18-11-9-17(10-12-18)25(26,27)28/h5-12,19-20H,3-4,13-16H2,1-2H3,(H2,29,30,31,32). The molecule has 176 valence electrons. The van der Waals surface area contributed by atoms with Gasteiger partial charge < -0.3 is 15.5 Å². The van der Waals surface area contributed by atoms with E-state index in [1.165, 1.54) is 12.1 Å². The highest BCUT2D eigenvalue weighted by molar-refractivity contribution is 5.91. The summed E-state index contributed by atoms with van der Waals surface area (Å²) in [6, 6.07) is 13.5. The molecule has 1 heterocycles. The monoisotopic (exact) mass is 457 g/mol. The van der Waals surface area contributed by atoms with Gasteiger partial charge in [0, 0.05) is 23.2 Å². The van der Waals surface area contributed by atoms with Crippen molar-refractivity contribution in [2.45, 2.75) is 57.8 Å². The zero-order valence-electron chi connectivity index (χ0n) is 19.0. The lowest BCUT2D eigenvalue weighted by Gasteiger charge is -2.36. The van der Waals surface area contributed by atoms with Gasteiger partial charge in [-0.15, -0.1) is 0 Å². The second-order valence-electron chi connectivity index (χ2n) is 8.48. The maximum atomic E-state index is 12.9. The van der Waals surface area contributed by atoms with Gasteiger partial charge in [0.15, 0.2) is 0 Å². The molecule has 0 atom stereocenters. The summed E-state index contributed by atoms with van der Waals surface area (Å²) in [5, 5.41) is 7.48. The van der Waals surface area contributed by atoms with Gasteiger partial charge in [0.25, 0.3) is 0 Å². The van der Waals surface area contributed by atoms with Gasteiger partial charge >= 0.3 is 6.18 Å². The van der Waals surface area contributed by atoms with Crippen LogP contribution in [0.15, 0.2) is 48.5 Å². The SMILES string of the molecule is CCN(CC)C1CCC(Nc2nc(Nc3ccc(C(F)(F)F)cc3)c3ccccc3n2)CC1. The molecule has 0 saturated heterocycles. The van der Waals surface area contributed by atoms with Crippen LogP contribution >= 0.6 is 0 Å². The smallest absolute Gasteiger partial charge is 0.351 e. The average molecular weight is 458 g/mol. The first-order valence-electron chi connectivity index (χ1n) is 11.6. The predicted octanol–water partition coefficient (Wildman–Crippen LogP) is 6.46. The molecule has 1 saturated carbocycles. The van der Waals surface area contributed by atoms with Crippen molar-refractivity contribution in [2.24, 2.45) is 0 Å². The number of nitrogens with one attached hydrogen (secondary N) is 2. The highest BCUT2D eigenvalue weighted by atomic mass is 19.4. The lowest BCUT2D eigenvalue weighted by Crippen LogP contribution is -2.40. The van der Waals surface area contributed by atoms with E-state index in [0.29, 0.717) is 29.5 Å². The Labute approximate surface area is 192 Å². The van der Waals surface area contributed by atoms with Gasteiger partial charge in [-0.3, -0.25) is 0 Å². The van der Waals surface area contributed by atoms with E-state index >= 15 is 0 Å². The van der Waals surface area contributed by atoms with E-state index in [-0.39, 0.29) is 0 Å². The van der Waals surface area contributed by atoms with Crippen molar-refractivity contribution in [3.63, 3.8) is 0 Å². The fraction of sp³-hybridized carbons (Fsp3) is 0.440. The quantitative estimate of drug-likeness (QED) is 0.427. The van der Waals surface area contributed by atoms with Crippen molar-refractivity contribution in [2.75, 3.05) is 23.7 Å². The number of halogens is 3. The van der Waals surface area contributed by atoms with E-state index in [9.17, 15) is 13.2 Å². The zero-order valence-corrected chi connectivity index (χ0v) is 19.0. The van der Waals surface area contributed by atoms with Crippen molar-refractivity contribution >= 4 is 28.4 Å². The van der Waals surface area contributed by atoms with E-state index in [4.69, 9.17) is 0 Å². The summed E-state index contributed by atoms with van der Waals surface area (Å²) in [6.45, 7) is 6.57. The van der Waals surface area contributed by atoms with Crippen LogP contribution in [0.4, 0.5) is 30.6 Å². The number of aromatic nitrogens is 2. The molecule has 1 aliphatic rings. The van der Waals surface area contributed by atoms with Crippen LogP contribution in [0, 0.1) is 0 Å². The van der Waals surface area contributed by atoms with Crippen LogP contribution in [0.2, 0.25) is 0 Å². The Morgan fingerprint density at radius 2 is 1.58 bits per heavy atom. The maximum Gasteiger partial charge on any atom is 0.416 e. The lowest BCUT2D eigenvalue weighted by atomic mass is 9.90. The minimum absolute atomic E-state index is 0.303. The molecule has 0 amide bonds. The van der Waals surface area contributed by atoms with E-state index in [0.717, 1.165) is 61.8 Å². The molecule has 0 radical (unpaired) electrons. The molecular weight excluding hydrogens is 427 g/mol. The summed E-state index contributed by atoms with van der Waals surface area (Å²) < 4.78 is 38.7. The van der Waals surface area contributed by atoms with Crippen molar-refractivity contribution in [1.29, 1.82) is 0 Å². The number of hydrogen-bond donors (Lipinski definition) is 2. The fourth-order valence-corrected chi connectivity index (χ4v) is 4.62. The molecule has 3 aromatic rings. The second kappa shape index (κ2) is 9.95. The van der Waals surface area contributed by atoms with Gasteiger partial charge in [-0.25, -0.2) is 4.98 Å². The molecule has 0 bridgehead atoms. The van der Waals surface area contributed by atoms with Gasteiger partial charge in [0.05, 0.1) is 11.1 Å². The number of benzene rings is 2. The van der Waals surface area contributed by atoms with E-state index in [2.05, 4.69) is 39.3 Å². The Morgan fingerprint density at radius 1 is 0.909 bits per heavy atom. The van der Waals surface area contributed by atoms with Gasteiger partial charge in [-0.05, 0) is 75.2 Å². The van der Waals surface area contributed by atoms with Crippen molar-refractivity contribution in [3.05, 3.63) is 54.1 Å². The van der Waals surface area contributed by atoms with E-state index in [1.807, 2.05) is 24.3 Å². The molecule has 33 heavy (non-hydrogen) atoms. The normalized spacial score (nSPS) is 19.1. The number of rotatable bonds is 7. The molecule has 5 nitrogen and oxygen atoms in total. The molecule has 8 heteroatoms. The highest BCUT2D eigenvalue weighted by Crippen LogP contribution is 2.32. The molecule has 0 aliphatic heterocycles. The molecule has 1 fully saturated rings. The maximum absolute atomic E-state index is 12.9. The molecular formula is C25H30F3N5. The van der Waals surface area contributed by atoms with Crippen LogP contribution in [0.5, 0.6) is 0 Å². The molecule has 1 aromatic heterocycles. The molecule has 0 unspecified atom stereocenters. The Bertz CT molecular complexity index is 1060. The van der Waals surface area contributed by atoms with Crippen LogP contribution in [0.3, 0.4) is 0 Å². The molecule has 2 N–H and O–H groups in total. The summed E-state index contributed by atoms with van der Waals surface area (Å²) in [4.78, 5) is 11.9. The minimum Gasteiger partial charge on any atom is -0.351 e. The third kappa shape index (κ3) is 5.55. The van der Waals surface area contributed by atoms with Gasteiger partial charge in [0.1, 0.15) is 5.82 Å². The summed E-state index contributed by atoms with van der Waals surface area (Å²) >= 11 is 0. The minimum atomic E-state index is -4.36. The number of hydrogen-bond acceptors (Lipinski definition) is 5. The summed E-state index contributed by atoms with van der Waals surface area (Å²) in [5.74, 6) is 1.11. The number of alkyl halides is 3. The first-order valence-corrected chi connectivity index (χ1v) is 11.6. The van der Waals surface area contributed by atoms with Gasteiger partial charge in [-0.1, -0.05) is 26.0 Å². The van der Waals surface area contributed by atoms with Crippen LogP contribution in [-0.4, -0.2) is 40.0 Å². The third-order valence-corrected chi connectivity index (χ3v) is 6.44. The van der Waals surface area contributed by atoms with E-state index in [1.54, 1.807) is 0 Å². The third-order valence-electron chi connectivity index (χ3n) is 6.44. The van der Waals surface area contributed by atoms with Crippen molar-refractivity contribution in [3.8, 4) is 0 Å². The first-order chi connectivity index (χ1) is 15.9.